The summed E-state index contributed by atoms with van der Waals surface area (Å²) in [6.07, 6.45) is 5.42. The number of benzene rings is 1. The molecule has 0 amide bonds. The second-order valence-electron chi connectivity index (χ2n) is 4.91. The first kappa shape index (κ1) is 14.1. The second kappa shape index (κ2) is 6.26. The summed E-state index contributed by atoms with van der Waals surface area (Å²) in [7, 11) is 0. The zero-order chi connectivity index (χ0) is 14.7. The molecule has 0 saturated heterocycles. The first-order valence-corrected chi connectivity index (χ1v) is 8.20. The van der Waals surface area contributed by atoms with Crippen LogP contribution in [0, 0.1) is 0 Å². The van der Waals surface area contributed by atoms with Crippen molar-refractivity contribution in [2.75, 3.05) is 6.61 Å². The lowest BCUT2D eigenvalue weighted by Crippen LogP contribution is -1.90. The average molecular weight is 301 g/mol. The normalized spacial score (nSPS) is 11.1. The number of rotatable bonds is 6. The van der Waals surface area contributed by atoms with Crippen molar-refractivity contribution in [1.82, 2.24) is 14.6 Å². The van der Waals surface area contributed by atoms with Crippen molar-refractivity contribution >= 4 is 16.3 Å². The van der Waals surface area contributed by atoms with Gasteiger partial charge >= 0.3 is 0 Å². The SMILES string of the molecule is CCCCc1nn2cc(-c3ccc(OCC)cc3)nc2s1. The van der Waals surface area contributed by atoms with Crippen LogP contribution in [-0.2, 0) is 6.42 Å². The van der Waals surface area contributed by atoms with E-state index in [1.807, 2.05) is 41.9 Å². The van der Waals surface area contributed by atoms with Gasteiger partial charge in [-0.1, -0.05) is 24.7 Å². The van der Waals surface area contributed by atoms with Crippen LogP contribution in [0.15, 0.2) is 30.5 Å². The third-order valence-electron chi connectivity index (χ3n) is 3.29. The molecule has 0 aliphatic rings. The molecule has 0 aliphatic carbocycles. The van der Waals surface area contributed by atoms with Gasteiger partial charge in [0.2, 0.25) is 4.96 Å². The summed E-state index contributed by atoms with van der Waals surface area (Å²) in [5, 5.41) is 5.76. The Kier molecular flexibility index (Phi) is 4.20. The molecule has 0 unspecified atom stereocenters. The Bertz CT molecular complexity index is 683. The quantitative estimate of drug-likeness (QED) is 0.685. The molecular formula is C16H19N3OS. The number of fused-ring (bicyclic) bond motifs is 1. The number of aryl methyl sites for hydroxylation is 1. The summed E-state index contributed by atoms with van der Waals surface area (Å²) < 4.78 is 7.35. The van der Waals surface area contributed by atoms with Crippen LogP contribution in [0.5, 0.6) is 5.75 Å². The van der Waals surface area contributed by atoms with Crippen molar-refractivity contribution in [3.8, 4) is 17.0 Å². The molecule has 0 aliphatic heterocycles. The maximum atomic E-state index is 5.46. The first-order chi connectivity index (χ1) is 10.3. The average Bonchev–Trinajstić information content (AvgIpc) is 3.04. The van der Waals surface area contributed by atoms with Gasteiger partial charge in [0.15, 0.2) is 0 Å². The van der Waals surface area contributed by atoms with Gasteiger partial charge in [0, 0.05) is 12.0 Å². The molecule has 0 radical (unpaired) electrons. The van der Waals surface area contributed by atoms with Crippen LogP contribution in [0.1, 0.15) is 31.7 Å². The van der Waals surface area contributed by atoms with Crippen LogP contribution in [0.3, 0.4) is 0 Å². The fourth-order valence-electron chi connectivity index (χ4n) is 2.20. The summed E-state index contributed by atoms with van der Waals surface area (Å²) in [6.45, 7) is 4.87. The fraction of sp³-hybridized carbons (Fsp3) is 0.375. The zero-order valence-corrected chi connectivity index (χ0v) is 13.2. The van der Waals surface area contributed by atoms with Crippen molar-refractivity contribution in [3.05, 3.63) is 35.5 Å². The van der Waals surface area contributed by atoms with Crippen molar-refractivity contribution in [2.24, 2.45) is 0 Å². The Morgan fingerprint density at radius 2 is 2.00 bits per heavy atom. The Hall–Kier alpha value is -1.88. The maximum absolute atomic E-state index is 5.46. The standard InChI is InChI=1S/C16H19N3OS/c1-3-5-6-15-18-19-11-14(17-16(19)21-15)12-7-9-13(10-8-12)20-4-2/h7-11H,3-6H2,1-2H3. The van der Waals surface area contributed by atoms with Crippen molar-refractivity contribution in [3.63, 3.8) is 0 Å². The number of ether oxygens (including phenoxy) is 1. The topological polar surface area (TPSA) is 39.4 Å². The highest BCUT2D eigenvalue weighted by Crippen LogP contribution is 2.24. The maximum Gasteiger partial charge on any atom is 0.212 e. The lowest BCUT2D eigenvalue weighted by atomic mass is 10.2. The second-order valence-corrected chi connectivity index (χ2v) is 5.95. The van der Waals surface area contributed by atoms with E-state index in [1.165, 1.54) is 12.8 Å². The van der Waals surface area contributed by atoms with Crippen molar-refractivity contribution < 1.29 is 4.74 Å². The van der Waals surface area contributed by atoms with E-state index in [2.05, 4.69) is 17.0 Å². The fourth-order valence-corrected chi connectivity index (χ4v) is 3.12. The molecule has 0 N–H and O–H groups in total. The van der Waals surface area contributed by atoms with Crippen LogP contribution >= 0.6 is 11.3 Å². The van der Waals surface area contributed by atoms with E-state index in [0.29, 0.717) is 6.61 Å². The van der Waals surface area contributed by atoms with Gasteiger partial charge in [-0.05, 0) is 37.6 Å². The Morgan fingerprint density at radius 1 is 1.19 bits per heavy atom. The molecule has 0 atom stereocenters. The first-order valence-electron chi connectivity index (χ1n) is 7.38. The van der Waals surface area contributed by atoms with Gasteiger partial charge in [0.05, 0.1) is 18.5 Å². The van der Waals surface area contributed by atoms with Gasteiger partial charge in [-0.25, -0.2) is 9.50 Å². The van der Waals surface area contributed by atoms with Crippen molar-refractivity contribution in [2.45, 2.75) is 33.1 Å². The Labute approximate surface area is 128 Å². The predicted octanol–water partition coefficient (Wildman–Crippen LogP) is 4.20. The van der Waals surface area contributed by atoms with Gasteiger partial charge in [0.1, 0.15) is 10.8 Å². The molecule has 0 bridgehead atoms. The smallest absolute Gasteiger partial charge is 0.212 e. The summed E-state index contributed by atoms with van der Waals surface area (Å²) in [6, 6.07) is 8.03. The lowest BCUT2D eigenvalue weighted by molar-refractivity contribution is 0.340. The summed E-state index contributed by atoms with van der Waals surface area (Å²) in [5.41, 5.74) is 2.05. The Morgan fingerprint density at radius 3 is 2.67 bits per heavy atom. The van der Waals surface area contributed by atoms with E-state index >= 15 is 0 Å². The minimum atomic E-state index is 0.685. The molecule has 110 valence electrons. The molecule has 0 spiro atoms. The van der Waals surface area contributed by atoms with Crippen molar-refractivity contribution in [1.29, 1.82) is 0 Å². The van der Waals surface area contributed by atoms with E-state index in [1.54, 1.807) is 11.3 Å². The summed E-state index contributed by atoms with van der Waals surface area (Å²) in [4.78, 5) is 5.63. The number of hydrogen-bond acceptors (Lipinski definition) is 4. The van der Waals surface area contributed by atoms with Crippen LogP contribution in [-0.4, -0.2) is 21.2 Å². The summed E-state index contributed by atoms with van der Waals surface area (Å²) >= 11 is 1.68. The molecule has 0 saturated carbocycles. The Balaban J connectivity index is 1.82. The predicted molar refractivity (Wildman–Crippen MR) is 86.1 cm³/mol. The van der Waals surface area contributed by atoms with Gasteiger partial charge in [-0.15, -0.1) is 0 Å². The van der Waals surface area contributed by atoms with E-state index in [0.717, 1.165) is 33.4 Å². The van der Waals surface area contributed by atoms with Crippen LogP contribution < -0.4 is 4.74 Å². The molecule has 5 heteroatoms. The number of nitrogens with zero attached hydrogens (tertiary/aromatic N) is 3. The highest BCUT2D eigenvalue weighted by molar-refractivity contribution is 7.16. The molecule has 2 aromatic heterocycles. The van der Waals surface area contributed by atoms with E-state index in [4.69, 9.17) is 4.74 Å². The molecular weight excluding hydrogens is 282 g/mol. The lowest BCUT2D eigenvalue weighted by Gasteiger charge is -2.02. The largest absolute Gasteiger partial charge is 0.494 e. The number of imidazole rings is 1. The molecule has 21 heavy (non-hydrogen) atoms. The number of hydrogen-bond donors (Lipinski definition) is 0. The minimum absolute atomic E-state index is 0.685. The third-order valence-corrected chi connectivity index (χ3v) is 4.27. The monoisotopic (exact) mass is 301 g/mol. The van der Waals surface area contributed by atoms with Crippen LogP contribution in [0.25, 0.3) is 16.2 Å². The van der Waals surface area contributed by atoms with Gasteiger partial charge in [-0.2, -0.15) is 5.10 Å². The molecule has 1 aromatic carbocycles. The van der Waals surface area contributed by atoms with E-state index in [-0.39, 0.29) is 0 Å². The number of aromatic nitrogens is 3. The van der Waals surface area contributed by atoms with E-state index in [9.17, 15) is 0 Å². The van der Waals surface area contributed by atoms with Crippen LogP contribution in [0.2, 0.25) is 0 Å². The molecule has 4 nitrogen and oxygen atoms in total. The highest BCUT2D eigenvalue weighted by atomic mass is 32.1. The third kappa shape index (κ3) is 3.08. The van der Waals surface area contributed by atoms with Crippen LogP contribution in [0.4, 0.5) is 0 Å². The van der Waals surface area contributed by atoms with Gasteiger partial charge < -0.3 is 4.74 Å². The molecule has 0 fully saturated rings. The zero-order valence-electron chi connectivity index (χ0n) is 12.4. The number of unbranched alkanes of at least 4 members (excludes halogenated alkanes) is 1. The minimum Gasteiger partial charge on any atom is -0.494 e. The van der Waals surface area contributed by atoms with Gasteiger partial charge in [0.25, 0.3) is 0 Å². The van der Waals surface area contributed by atoms with E-state index < -0.39 is 0 Å². The molecule has 3 rings (SSSR count). The molecule has 3 aromatic rings. The highest BCUT2D eigenvalue weighted by Gasteiger charge is 2.09. The van der Waals surface area contributed by atoms with Gasteiger partial charge in [-0.3, -0.25) is 0 Å². The summed E-state index contributed by atoms with van der Waals surface area (Å²) in [5.74, 6) is 0.891. The molecule has 2 heterocycles.